The molecule has 0 saturated heterocycles. The van der Waals surface area contributed by atoms with Gasteiger partial charge in [0.2, 0.25) is 0 Å². The molecule has 0 aromatic carbocycles. The van der Waals surface area contributed by atoms with Crippen molar-refractivity contribution in [2.24, 2.45) is 0 Å². The van der Waals surface area contributed by atoms with Gasteiger partial charge in [-0.15, -0.1) is 0 Å². The van der Waals surface area contributed by atoms with E-state index in [1.165, 1.54) is 0 Å². The van der Waals surface area contributed by atoms with E-state index >= 15 is 0 Å². The molecule has 0 spiro atoms. The zero-order valence-electron chi connectivity index (χ0n) is 9.17. The lowest BCUT2D eigenvalue weighted by Crippen LogP contribution is -2.07. The highest BCUT2D eigenvalue weighted by Crippen LogP contribution is 2.30. The minimum absolute atomic E-state index is 0.00574. The molecule has 0 fully saturated rings. The Bertz CT molecular complexity index is 380. The van der Waals surface area contributed by atoms with E-state index in [2.05, 4.69) is 36.8 Å². The molecular formula is C11H13Br2NO2. The molecular weight excluding hydrogens is 338 g/mol. The summed E-state index contributed by atoms with van der Waals surface area (Å²) in [5.74, 6) is -0.322. The van der Waals surface area contributed by atoms with Crippen molar-refractivity contribution >= 4 is 37.8 Å². The Morgan fingerprint density at radius 1 is 1.50 bits per heavy atom. The highest BCUT2D eigenvalue weighted by atomic mass is 79.9. The number of carbonyl (C=O) groups excluding carboxylic acids is 1. The third-order valence-electron chi connectivity index (χ3n) is 2.10. The van der Waals surface area contributed by atoms with Crippen molar-refractivity contribution in [3.05, 3.63) is 29.1 Å². The van der Waals surface area contributed by atoms with Crippen LogP contribution in [0, 0.1) is 0 Å². The fraction of sp³-hybridized carbons (Fsp3) is 0.455. The molecule has 0 saturated carbocycles. The molecule has 0 atom stereocenters. The van der Waals surface area contributed by atoms with E-state index in [0.717, 1.165) is 17.7 Å². The Morgan fingerprint density at radius 2 is 2.19 bits per heavy atom. The number of ether oxygens (including phenoxy) is 1. The van der Waals surface area contributed by atoms with Gasteiger partial charge in [0, 0.05) is 6.20 Å². The number of hydrogen-bond acceptors (Lipinski definition) is 3. The third kappa shape index (κ3) is 3.28. The Kier molecular flexibility index (Phi) is 5.41. The maximum atomic E-state index is 11.5. The normalized spacial score (nSPS) is 10.6. The largest absolute Gasteiger partial charge is 0.462 e. The van der Waals surface area contributed by atoms with Crippen molar-refractivity contribution in [1.29, 1.82) is 0 Å². The summed E-state index contributed by atoms with van der Waals surface area (Å²) in [5.41, 5.74) is 2.43. The van der Waals surface area contributed by atoms with Crippen LogP contribution in [0.4, 0.5) is 0 Å². The Labute approximate surface area is 112 Å². The summed E-state index contributed by atoms with van der Waals surface area (Å²) in [4.78, 5) is 15.8. The maximum absolute atomic E-state index is 11.5. The fourth-order valence-corrected chi connectivity index (χ4v) is 2.15. The van der Waals surface area contributed by atoms with Gasteiger partial charge in [-0.1, -0.05) is 38.8 Å². The number of carbonyl (C=O) groups is 1. The zero-order chi connectivity index (χ0) is 12.1. The molecule has 0 aliphatic carbocycles. The number of alkyl halides is 2. The van der Waals surface area contributed by atoms with Gasteiger partial charge < -0.3 is 4.74 Å². The van der Waals surface area contributed by atoms with Crippen LogP contribution in [0.25, 0.3) is 0 Å². The first-order valence-corrected chi connectivity index (χ1v) is 6.87. The molecule has 0 aliphatic rings. The molecule has 1 rings (SSSR count). The third-order valence-corrected chi connectivity index (χ3v) is 2.97. The first-order chi connectivity index (χ1) is 7.60. The molecule has 1 aromatic rings. The molecule has 0 N–H and O–H groups in total. The highest BCUT2D eigenvalue weighted by molar-refractivity contribution is 9.24. The summed E-state index contributed by atoms with van der Waals surface area (Å²) >= 11 is 6.81. The van der Waals surface area contributed by atoms with Gasteiger partial charge in [-0.25, -0.2) is 4.79 Å². The first kappa shape index (κ1) is 13.6. The lowest BCUT2D eigenvalue weighted by Gasteiger charge is -2.09. The second kappa shape index (κ2) is 6.35. The number of pyridine rings is 1. The summed E-state index contributed by atoms with van der Waals surface area (Å²) < 4.78 is 4.93. The summed E-state index contributed by atoms with van der Waals surface area (Å²) in [7, 11) is 0. The summed E-state index contributed by atoms with van der Waals surface area (Å²) in [6.07, 6.45) is 2.37. The molecule has 0 bridgehead atoms. The Hall–Kier alpha value is -0.420. The van der Waals surface area contributed by atoms with Crippen molar-refractivity contribution < 1.29 is 9.53 Å². The number of aryl methyl sites for hydroxylation is 1. The molecule has 5 heteroatoms. The Balaban J connectivity index is 3.04. The number of esters is 1. The second-order valence-electron chi connectivity index (χ2n) is 3.14. The molecule has 1 heterocycles. The molecule has 0 aliphatic heterocycles. The van der Waals surface area contributed by atoms with Gasteiger partial charge in [-0.3, -0.25) is 4.98 Å². The van der Waals surface area contributed by atoms with Gasteiger partial charge in [0.1, 0.15) is 3.74 Å². The van der Waals surface area contributed by atoms with Crippen LogP contribution in [0.1, 0.15) is 39.2 Å². The van der Waals surface area contributed by atoms with Gasteiger partial charge in [-0.05, 0) is 25.0 Å². The lowest BCUT2D eigenvalue weighted by atomic mass is 10.1. The number of rotatable bonds is 4. The van der Waals surface area contributed by atoms with E-state index in [1.54, 1.807) is 13.1 Å². The second-order valence-corrected chi connectivity index (χ2v) is 6.20. The Morgan fingerprint density at radius 3 is 2.69 bits per heavy atom. The van der Waals surface area contributed by atoms with Gasteiger partial charge in [0.25, 0.3) is 0 Å². The van der Waals surface area contributed by atoms with Crippen LogP contribution in [-0.4, -0.2) is 17.6 Å². The highest BCUT2D eigenvalue weighted by Gasteiger charge is 2.14. The molecule has 1 aromatic heterocycles. The van der Waals surface area contributed by atoms with Crippen molar-refractivity contribution in [3.63, 3.8) is 0 Å². The molecule has 0 radical (unpaired) electrons. The number of halogens is 2. The van der Waals surface area contributed by atoms with E-state index in [4.69, 9.17) is 4.74 Å². The lowest BCUT2D eigenvalue weighted by molar-refractivity contribution is 0.0525. The van der Waals surface area contributed by atoms with Gasteiger partial charge >= 0.3 is 5.97 Å². The van der Waals surface area contributed by atoms with Crippen LogP contribution in [0.2, 0.25) is 0 Å². The quantitative estimate of drug-likeness (QED) is 0.615. The summed E-state index contributed by atoms with van der Waals surface area (Å²) in [6, 6.07) is 1.83. The van der Waals surface area contributed by atoms with Crippen molar-refractivity contribution in [2.75, 3.05) is 6.61 Å². The predicted octanol–water partition coefficient (Wildman–Crippen LogP) is 3.61. The number of nitrogens with zero attached hydrogens (tertiary/aromatic N) is 1. The molecule has 3 nitrogen and oxygen atoms in total. The van der Waals surface area contributed by atoms with E-state index in [0.29, 0.717) is 12.2 Å². The van der Waals surface area contributed by atoms with E-state index in [-0.39, 0.29) is 9.71 Å². The summed E-state index contributed by atoms with van der Waals surface area (Å²) in [6.45, 7) is 4.19. The summed E-state index contributed by atoms with van der Waals surface area (Å²) in [5, 5.41) is 0. The average molecular weight is 351 g/mol. The van der Waals surface area contributed by atoms with Crippen LogP contribution in [0.15, 0.2) is 12.3 Å². The predicted molar refractivity (Wildman–Crippen MR) is 70.2 cm³/mol. The minimum Gasteiger partial charge on any atom is -0.462 e. The standard InChI is InChI=1S/C11H13Br2NO2/c1-3-7-5-8(11(15)16-4-2)6-14-9(7)10(12)13/h5-6,10H,3-4H2,1-2H3. The van der Waals surface area contributed by atoms with Crippen LogP contribution in [0.5, 0.6) is 0 Å². The van der Waals surface area contributed by atoms with Crippen molar-refractivity contribution in [1.82, 2.24) is 4.98 Å². The van der Waals surface area contributed by atoms with Gasteiger partial charge in [-0.2, -0.15) is 0 Å². The van der Waals surface area contributed by atoms with E-state index < -0.39 is 0 Å². The fourth-order valence-electron chi connectivity index (χ4n) is 1.33. The zero-order valence-corrected chi connectivity index (χ0v) is 12.3. The molecule has 0 amide bonds. The monoisotopic (exact) mass is 349 g/mol. The molecule has 88 valence electrons. The maximum Gasteiger partial charge on any atom is 0.339 e. The van der Waals surface area contributed by atoms with Crippen LogP contribution < -0.4 is 0 Å². The van der Waals surface area contributed by atoms with E-state index in [9.17, 15) is 4.79 Å². The molecule has 0 unspecified atom stereocenters. The van der Waals surface area contributed by atoms with Gasteiger partial charge in [0.15, 0.2) is 0 Å². The SMILES string of the molecule is CCOC(=O)c1cnc(C(Br)Br)c(CC)c1. The number of aromatic nitrogens is 1. The average Bonchev–Trinajstić information content (AvgIpc) is 2.28. The van der Waals surface area contributed by atoms with Crippen LogP contribution >= 0.6 is 31.9 Å². The van der Waals surface area contributed by atoms with Gasteiger partial charge in [0.05, 0.1) is 17.9 Å². The van der Waals surface area contributed by atoms with Crippen LogP contribution in [-0.2, 0) is 11.2 Å². The van der Waals surface area contributed by atoms with E-state index in [1.807, 2.05) is 13.0 Å². The topological polar surface area (TPSA) is 39.2 Å². The molecule has 16 heavy (non-hydrogen) atoms. The smallest absolute Gasteiger partial charge is 0.339 e. The minimum atomic E-state index is -0.322. The van der Waals surface area contributed by atoms with Crippen molar-refractivity contribution in [3.8, 4) is 0 Å². The van der Waals surface area contributed by atoms with Crippen LogP contribution in [0.3, 0.4) is 0 Å². The van der Waals surface area contributed by atoms with Crippen molar-refractivity contribution in [2.45, 2.75) is 24.0 Å². The number of hydrogen-bond donors (Lipinski definition) is 0. The first-order valence-electron chi connectivity index (χ1n) is 5.04.